The van der Waals surface area contributed by atoms with Crippen molar-refractivity contribution in [1.29, 1.82) is 0 Å². The molecule has 3 rings (SSSR count). The summed E-state index contributed by atoms with van der Waals surface area (Å²) in [4.78, 5) is 4.64. The third-order valence-corrected chi connectivity index (χ3v) is 4.84. The first-order chi connectivity index (χ1) is 13.8. The topological polar surface area (TPSA) is 73.3 Å². The first-order valence-corrected chi connectivity index (χ1v) is 10.4. The molecule has 0 bridgehead atoms. The SMILES string of the molecule is CCNC(=NCc1cc(Cl)c2c(c1)OCCO2)NCCCOCC1CCOC1.I. The number of guanidine groups is 1. The quantitative estimate of drug-likeness (QED) is 0.217. The lowest BCUT2D eigenvalue weighted by atomic mass is 10.1. The minimum atomic E-state index is 0. The number of nitrogens with one attached hydrogen (secondary N) is 2. The van der Waals surface area contributed by atoms with Crippen LogP contribution in [0.15, 0.2) is 17.1 Å². The smallest absolute Gasteiger partial charge is 0.191 e. The zero-order valence-corrected chi connectivity index (χ0v) is 20.0. The van der Waals surface area contributed by atoms with Gasteiger partial charge in [-0.15, -0.1) is 24.0 Å². The number of ether oxygens (including phenoxy) is 4. The molecule has 0 amide bonds. The van der Waals surface area contributed by atoms with Gasteiger partial charge in [0, 0.05) is 32.2 Å². The normalized spacial score (nSPS) is 18.3. The van der Waals surface area contributed by atoms with E-state index in [4.69, 9.17) is 30.5 Å². The van der Waals surface area contributed by atoms with Crippen molar-refractivity contribution in [2.24, 2.45) is 10.9 Å². The molecule has 1 saturated heterocycles. The maximum Gasteiger partial charge on any atom is 0.191 e. The molecular weight excluding hydrogens is 509 g/mol. The Morgan fingerprint density at radius 3 is 2.90 bits per heavy atom. The fraction of sp³-hybridized carbons (Fsp3) is 0.650. The molecule has 2 aliphatic rings. The molecule has 0 spiro atoms. The molecule has 7 nitrogen and oxygen atoms in total. The van der Waals surface area contributed by atoms with Crippen molar-refractivity contribution in [2.45, 2.75) is 26.3 Å². The van der Waals surface area contributed by atoms with Gasteiger partial charge in [0.2, 0.25) is 0 Å². The van der Waals surface area contributed by atoms with Crippen molar-refractivity contribution < 1.29 is 18.9 Å². The number of hydrogen-bond donors (Lipinski definition) is 2. The first kappa shape index (κ1) is 24.3. The summed E-state index contributed by atoms with van der Waals surface area (Å²) in [6.45, 7) is 8.44. The number of rotatable bonds is 9. The van der Waals surface area contributed by atoms with Gasteiger partial charge in [-0.2, -0.15) is 0 Å². The van der Waals surface area contributed by atoms with Crippen LogP contribution in [-0.4, -0.2) is 58.7 Å². The third kappa shape index (κ3) is 7.99. The van der Waals surface area contributed by atoms with E-state index in [9.17, 15) is 0 Å². The number of benzene rings is 1. The Balaban J connectivity index is 0.00000300. The van der Waals surface area contributed by atoms with E-state index in [2.05, 4.69) is 15.6 Å². The fourth-order valence-electron chi connectivity index (χ4n) is 3.11. The molecule has 1 aromatic rings. The van der Waals surface area contributed by atoms with Crippen LogP contribution < -0.4 is 20.1 Å². The van der Waals surface area contributed by atoms with Crippen LogP contribution in [0.4, 0.5) is 0 Å². The maximum absolute atomic E-state index is 6.30. The minimum absolute atomic E-state index is 0. The molecular formula is C20H31ClIN3O4. The molecule has 0 radical (unpaired) electrons. The second-order valence-corrected chi connectivity index (χ2v) is 7.29. The van der Waals surface area contributed by atoms with E-state index in [0.717, 1.165) is 63.9 Å². The molecule has 2 heterocycles. The Bertz CT molecular complexity index is 657. The first-order valence-electron chi connectivity index (χ1n) is 10.0. The molecule has 29 heavy (non-hydrogen) atoms. The lowest BCUT2D eigenvalue weighted by Crippen LogP contribution is -2.38. The van der Waals surface area contributed by atoms with Crippen molar-refractivity contribution in [3.8, 4) is 11.5 Å². The number of nitrogens with zero attached hydrogens (tertiary/aromatic N) is 1. The number of aliphatic imine (C=N–C) groups is 1. The Morgan fingerprint density at radius 2 is 2.10 bits per heavy atom. The predicted molar refractivity (Wildman–Crippen MR) is 125 cm³/mol. The molecule has 9 heteroatoms. The fourth-order valence-corrected chi connectivity index (χ4v) is 3.40. The van der Waals surface area contributed by atoms with E-state index >= 15 is 0 Å². The zero-order valence-electron chi connectivity index (χ0n) is 16.9. The molecule has 1 atom stereocenters. The lowest BCUT2D eigenvalue weighted by Gasteiger charge is -2.20. The van der Waals surface area contributed by atoms with Crippen molar-refractivity contribution in [1.82, 2.24) is 10.6 Å². The monoisotopic (exact) mass is 539 g/mol. The molecule has 2 N–H and O–H groups in total. The average molecular weight is 540 g/mol. The second kappa shape index (κ2) is 13.4. The predicted octanol–water partition coefficient (Wildman–Crippen LogP) is 3.23. The van der Waals surface area contributed by atoms with E-state index in [-0.39, 0.29) is 24.0 Å². The minimum Gasteiger partial charge on any atom is -0.486 e. The van der Waals surface area contributed by atoms with E-state index in [1.807, 2.05) is 19.1 Å². The van der Waals surface area contributed by atoms with Crippen molar-refractivity contribution in [2.75, 3.05) is 52.7 Å². The van der Waals surface area contributed by atoms with Crippen molar-refractivity contribution >= 4 is 41.5 Å². The van der Waals surface area contributed by atoms with Crippen LogP contribution in [-0.2, 0) is 16.0 Å². The number of hydrogen-bond acceptors (Lipinski definition) is 5. The highest BCUT2D eigenvalue weighted by molar-refractivity contribution is 14.0. The van der Waals surface area contributed by atoms with Gasteiger partial charge in [0.15, 0.2) is 17.5 Å². The molecule has 1 aromatic carbocycles. The number of fused-ring (bicyclic) bond motifs is 1. The van der Waals surface area contributed by atoms with Gasteiger partial charge in [-0.25, -0.2) is 4.99 Å². The van der Waals surface area contributed by atoms with Crippen LogP contribution in [0.3, 0.4) is 0 Å². The summed E-state index contributed by atoms with van der Waals surface area (Å²) in [5.74, 6) is 2.64. The Morgan fingerprint density at radius 1 is 1.24 bits per heavy atom. The van der Waals surface area contributed by atoms with E-state index in [1.54, 1.807) is 0 Å². The lowest BCUT2D eigenvalue weighted by molar-refractivity contribution is 0.0888. The largest absolute Gasteiger partial charge is 0.486 e. The molecule has 0 aliphatic carbocycles. The van der Waals surface area contributed by atoms with Gasteiger partial charge in [-0.3, -0.25) is 0 Å². The van der Waals surface area contributed by atoms with Crippen molar-refractivity contribution in [3.05, 3.63) is 22.7 Å². The molecule has 0 aromatic heterocycles. The summed E-state index contributed by atoms with van der Waals surface area (Å²) in [5.41, 5.74) is 0.980. The Hall–Kier alpha value is -0.970. The van der Waals surface area contributed by atoms with E-state index in [1.165, 1.54) is 0 Å². The van der Waals surface area contributed by atoms with Crippen LogP contribution >= 0.6 is 35.6 Å². The molecule has 2 aliphatic heterocycles. The summed E-state index contributed by atoms with van der Waals surface area (Å²) in [7, 11) is 0. The van der Waals surface area contributed by atoms with Crippen molar-refractivity contribution in [3.63, 3.8) is 0 Å². The Labute approximate surface area is 194 Å². The highest BCUT2D eigenvalue weighted by Gasteiger charge is 2.17. The van der Waals surface area contributed by atoms with Crippen LogP contribution in [0.1, 0.15) is 25.3 Å². The second-order valence-electron chi connectivity index (χ2n) is 6.88. The molecule has 164 valence electrons. The summed E-state index contributed by atoms with van der Waals surface area (Å²) >= 11 is 6.30. The van der Waals surface area contributed by atoms with Gasteiger partial charge < -0.3 is 29.6 Å². The molecule has 1 unspecified atom stereocenters. The summed E-state index contributed by atoms with van der Waals surface area (Å²) in [6.07, 6.45) is 2.03. The van der Waals surface area contributed by atoms with E-state index in [0.29, 0.717) is 42.2 Å². The summed E-state index contributed by atoms with van der Waals surface area (Å²) in [5, 5.41) is 7.16. The standard InChI is InChI=1S/C20H30ClN3O4.HI/c1-2-22-20(23-5-3-6-25-13-15-4-7-26-14-15)24-12-16-10-17(21)19-18(11-16)27-8-9-28-19;/h10-11,15H,2-9,12-14H2,1H3,(H2,22,23,24);1H. The van der Waals surface area contributed by atoms with Gasteiger partial charge in [0.05, 0.1) is 24.8 Å². The van der Waals surface area contributed by atoms with Crippen LogP contribution in [0.25, 0.3) is 0 Å². The Kier molecular flexibility index (Phi) is 11.2. The van der Waals surface area contributed by atoms with Gasteiger partial charge >= 0.3 is 0 Å². The zero-order chi connectivity index (χ0) is 19.6. The van der Waals surface area contributed by atoms with Gasteiger partial charge in [-0.05, 0) is 37.5 Å². The van der Waals surface area contributed by atoms with Crippen LogP contribution in [0, 0.1) is 5.92 Å². The third-order valence-electron chi connectivity index (χ3n) is 4.56. The van der Waals surface area contributed by atoms with Crippen LogP contribution in [0.5, 0.6) is 11.5 Å². The van der Waals surface area contributed by atoms with Gasteiger partial charge in [-0.1, -0.05) is 11.6 Å². The van der Waals surface area contributed by atoms with Gasteiger partial charge in [0.25, 0.3) is 0 Å². The summed E-state index contributed by atoms with van der Waals surface area (Å²) < 4.78 is 22.3. The molecule has 0 saturated carbocycles. The van der Waals surface area contributed by atoms with Gasteiger partial charge in [0.1, 0.15) is 13.2 Å². The highest BCUT2D eigenvalue weighted by Crippen LogP contribution is 2.38. The maximum atomic E-state index is 6.30. The summed E-state index contributed by atoms with van der Waals surface area (Å²) in [6, 6.07) is 3.82. The average Bonchev–Trinajstić information content (AvgIpc) is 3.22. The highest BCUT2D eigenvalue weighted by atomic mass is 127. The number of halogens is 2. The molecule has 1 fully saturated rings. The van der Waals surface area contributed by atoms with E-state index < -0.39 is 0 Å². The van der Waals surface area contributed by atoms with Crippen LogP contribution in [0.2, 0.25) is 5.02 Å².